The van der Waals surface area contributed by atoms with Crippen molar-refractivity contribution in [1.82, 2.24) is 14.9 Å². The normalized spacial score (nSPS) is 14.5. The molecule has 1 aromatic heterocycles. The average molecular weight is 654 g/mol. The van der Waals surface area contributed by atoms with Crippen molar-refractivity contribution in [2.75, 3.05) is 13.7 Å². The van der Waals surface area contributed by atoms with Crippen molar-refractivity contribution in [3.05, 3.63) is 76.7 Å². The predicted molar refractivity (Wildman–Crippen MR) is 176 cm³/mol. The molecule has 0 saturated heterocycles. The first-order valence-electron chi connectivity index (χ1n) is 15.5. The number of thiophene rings is 1. The molecule has 3 amide bonds. The number of carbonyl (C=O) groups is 3. The van der Waals surface area contributed by atoms with Crippen LogP contribution in [0.25, 0.3) is 11.1 Å². The molecule has 2 N–H and O–H groups in total. The molecule has 1 aliphatic carbocycles. The van der Waals surface area contributed by atoms with Crippen molar-refractivity contribution in [3.63, 3.8) is 0 Å². The predicted octanol–water partition coefficient (Wildman–Crippen LogP) is 6.39. The van der Waals surface area contributed by atoms with E-state index in [0.717, 1.165) is 53.9 Å². The number of methoxy groups -OCH3 is 1. The quantitative estimate of drug-likeness (QED) is 0.219. The van der Waals surface area contributed by atoms with Gasteiger partial charge in [-0.2, -0.15) is 0 Å². The Bertz CT molecular complexity index is 1560. The molecule has 4 rings (SSSR count). The molecule has 1 heterocycles. The highest BCUT2D eigenvalue weighted by Crippen LogP contribution is 2.37. The number of nitrogens with zero attached hydrogens (tertiary/aromatic N) is 1. The first kappa shape index (κ1) is 34.2. The summed E-state index contributed by atoms with van der Waals surface area (Å²) in [7, 11) is -2.77. The highest BCUT2D eigenvalue weighted by molar-refractivity contribution is 7.92. The third-order valence-corrected chi connectivity index (χ3v) is 11.0. The van der Waals surface area contributed by atoms with E-state index in [4.69, 9.17) is 4.74 Å². The fourth-order valence-electron chi connectivity index (χ4n) is 5.87. The standard InChI is InChI=1S/C34H43N3O6S2/c1-5-35-34(40)36-45(41,42)33-29(21-28(44-33)20-23(2)3)25-18-16-24(17-19-25)22-37(31(38)27-14-10-7-11-15-27)30(32(39)43-4)26-12-8-6-9-13-26/h7,10-11,14-19,21,23,26,30H,5-6,8-9,12-13,20,22H2,1-4H3,(H2,35,36,40). The van der Waals surface area contributed by atoms with Gasteiger partial charge in [-0.25, -0.2) is 22.7 Å². The molecule has 1 fully saturated rings. The summed E-state index contributed by atoms with van der Waals surface area (Å²) < 4.78 is 34.0. The number of urea groups is 1. The Morgan fingerprint density at radius 2 is 1.67 bits per heavy atom. The van der Waals surface area contributed by atoms with Gasteiger partial charge in [0, 0.05) is 29.1 Å². The molecule has 0 bridgehead atoms. The number of carbonyl (C=O) groups excluding carboxylic acids is 3. The summed E-state index contributed by atoms with van der Waals surface area (Å²) in [5.41, 5.74) is 2.45. The second kappa shape index (κ2) is 15.5. The Morgan fingerprint density at radius 3 is 2.27 bits per heavy atom. The number of esters is 1. The van der Waals surface area contributed by atoms with Crippen LogP contribution in [0, 0.1) is 11.8 Å². The van der Waals surface area contributed by atoms with E-state index in [1.54, 1.807) is 36.1 Å². The smallest absolute Gasteiger partial charge is 0.328 e. The Balaban J connectivity index is 1.70. The molecular formula is C34H43N3O6S2. The minimum Gasteiger partial charge on any atom is -0.467 e. The van der Waals surface area contributed by atoms with Crippen LogP contribution in [0.4, 0.5) is 4.79 Å². The number of rotatable bonds is 12. The Hall–Kier alpha value is -3.70. The Kier molecular flexibility index (Phi) is 11.8. The zero-order valence-electron chi connectivity index (χ0n) is 26.4. The molecule has 0 aliphatic heterocycles. The van der Waals surface area contributed by atoms with E-state index in [9.17, 15) is 22.8 Å². The first-order chi connectivity index (χ1) is 21.5. The van der Waals surface area contributed by atoms with Crippen LogP contribution in [-0.4, -0.2) is 50.9 Å². The third kappa shape index (κ3) is 8.73. The molecule has 1 unspecified atom stereocenters. The van der Waals surface area contributed by atoms with Gasteiger partial charge in [0.1, 0.15) is 10.3 Å². The fourth-order valence-corrected chi connectivity index (χ4v) is 8.74. The molecular weight excluding hydrogens is 611 g/mol. The van der Waals surface area contributed by atoms with Gasteiger partial charge in [-0.15, -0.1) is 11.3 Å². The van der Waals surface area contributed by atoms with Crippen LogP contribution in [0.3, 0.4) is 0 Å². The second-order valence-electron chi connectivity index (χ2n) is 11.8. The zero-order chi connectivity index (χ0) is 32.6. The molecule has 1 saturated carbocycles. The SMILES string of the molecule is CCNC(=O)NS(=O)(=O)c1sc(CC(C)C)cc1-c1ccc(CN(C(=O)c2ccccc2)C(C(=O)OC)C2CCCCC2)cc1. The first-order valence-corrected chi connectivity index (χ1v) is 17.8. The van der Waals surface area contributed by atoms with Crippen LogP contribution in [-0.2, 0) is 32.5 Å². The van der Waals surface area contributed by atoms with E-state index < -0.39 is 28.1 Å². The van der Waals surface area contributed by atoms with Gasteiger partial charge in [-0.05, 0) is 67.3 Å². The molecule has 9 nitrogen and oxygen atoms in total. The highest BCUT2D eigenvalue weighted by atomic mass is 32.2. The van der Waals surface area contributed by atoms with Gasteiger partial charge in [-0.1, -0.05) is 75.6 Å². The van der Waals surface area contributed by atoms with Crippen LogP contribution in [0.1, 0.15) is 73.7 Å². The molecule has 3 aromatic rings. The topological polar surface area (TPSA) is 122 Å². The van der Waals surface area contributed by atoms with E-state index in [2.05, 4.69) is 23.9 Å². The minimum absolute atomic E-state index is 0.00602. The van der Waals surface area contributed by atoms with Gasteiger partial charge in [0.05, 0.1) is 7.11 Å². The Labute approximate surface area is 270 Å². The summed E-state index contributed by atoms with van der Waals surface area (Å²) in [4.78, 5) is 41.8. The largest absolute Gasteiger partial charge is 0.467 e. The number of hydrogen-bond donors (Lipinski definition) is 2. The number of hydrogen-bond acceptors (Lipinski definition) is 7. The highest BCUT2D eigenvalue weighted by Gasteiger charge is 2.38. The lowest BCUT2D eigenvalue weighted by atomic mass is 9.82. The lowest BCUT2D eigenvalue weighted by molar-refractivity contribution is -0.149. The molecule has 1 aliphatic rings. The van der Waals surface area contributed by atoms with E-state index in [-0.39, 0.29) is 22.6 Å². The summed E-state index contributed by atoms with van der Waals surface area (Å²) >= 11 is 1.16. The van der Waals surface area contributed by atoms with Crippen molar-refractivity contribution in [1.29, 1.82) is 0 Å². The van der Waals surface area contributed by atoms with Gasteiger partial charge in [0.25, 0.3) is 15.9 Å². The summed E-state index contributed by atoms with van der Waals surface area (Å²) in [6.07, 6.45) is 5.49. The molecule has 11 heteroatoms. The van der Waals surface area contributed by atoms with Crippen LogP contribution in [0.15, 0.2) is 64.9 Å². The van der Waals surface area contributed by atoms with E-state index in [1.165, 1.54) is 7.11 Å². The lowest BCUT2D eigenvalue weighted by Gasteiger charge is -2.37. The molecule has 2 aromatic carbocycles. The van der Waals surface area contributed by atoms with Crippen molar-refractivity contribution in [2.45, 2.75) is 76.1 Å². The molecule has 242 valence electrons. The number of amides is 3. The van der Waals surface area contributed by atoms with Gasteiger partial charge in [0.2, 0.25) is 0 Å². The minimum atomic E-state index is -4.13. The van der Waals surface area contributed by atoms with Gasteiger partial charge in [0.15, 0.2) is 0 Å². The number of sulfonamides is 1. The average Bonchev–Trinajstić information content (AvgIpc) is 3.45. The van der Waals surface area contributed by atoms with Gasteiger partial charge >= 0.3 is 12.0 Å². The monoisotopic (exact) mass is 653 g/mol. The van der Waals surface area contributed by atoms with Gasteiger partial charge < -0.3 is 15.0 Å². The second-order valence-corrected chi connectivity index (χ2v) is 14.9. The maximum absolute atomic E-state index is 13.9. The van der Waals surface area contributed by atoms with Crippen molar-refractivity contribution < 1.29 is 27.5 Å². The summed E-state index contributed by atoms with van der Waals surface area (Å²) in [5, 5.41) is 2.47. The Morgan fingerprint density at radius 1 is 1.00 bits per heavy atom. The van der Waals surface area contributed by atoms with Crippen molar-refractivity contribution in [3.8, 4) is 11.1 Å². The summed E-state index contributed by atoms with van der Waals surface area (Å²) in [6.45, 7) is 6.30. The van der Waals surface area contributed by atoms with Gasteiger partial charge in [-0.3, -0.25) is 4.79 Å². The number of ether oxygens (including phenoxy) is 1. The van der Waals surface area contributed by atoms with Crippen LogP contribution in [0.5, 0.6) is 0 Å². The third-order valence-electron chi connectivity index (χ3n) is 7.94. The van der Waals surface area contributed by atoms with Crippen molar-refractivity contribution in [2.24, 2.45) is 11.8 Å². The molecule has 0 spiro atoms. The molecule has 0 radical (unpaired) electrons. The van der Waals surface area contributed by atoms with E-state index in [0.29, 0.717) is 35.6 Å². The summed E-state index contributed by atoms with van der Waals surface area (Å²) in [6, 6.07) is 16.6. The maximum Gasteiger partial charge on any atom is 0.328 e. The zero-order valence-corrected chi connectivity index (χ0v) is 28.0. The number of benzene rings is 2. The lowest BCUT2D eigenvalue weighted by Crippen LogP contribution is -2.50. The van der Waals surface area contributed by atoms with E-state index >= 15 is 0 Å². The molecule has 1 atom stereocenters. The van der Waals surface area contributed by atoms with Crippen LogP contribution < -0.4 is 10.0 Å². The van der Waals surface area contributed by atoms with Crippen molar-refractivity contribution >= 4 is 39.3 Å². The van der Waals surface area contributed by atoms with E-state index in [1.807, 2.05) is 36.4 Å². The van der Waals surface area contributed by atoms with Crippen LogP contribution >= 0.6 is 11.3 Å². The van der Waals surface area contributed by atoms with Crippen LogP contribution in [0.2, 0.25) is 0 Å². The fraction of sp³-hybridized carbons (Fsp3) is 0.441. The molecule has 45 heavy (non-hydrogen) atoms. The maximum atomic E-state index is 13.9. The summed E-state index contributed by atoms with van der Waals surface area (Å²) in [5.74, 6) is -0.367. The number of nitrogens with one attached hydrogen (secondary N) is 2.